The van der Waals surface area contributed by atoms with Gasteiger partial charge in [-0.05, 0) is 30.2 Å². The number of nitrogens with one attached hydrogen (secondary N) is 1. The van der Waals surface area contributed by atoms with Gasteiger partial charge in [-0.3, -0.25) is 4.79 Å². The molecule has 0 heterocycles. The molecule has 1 aromatic rings. The summed E-state index contributed by atoms with van der Waals surface area (Å²) < 4.78 is 13.9. The fraction of sp³-hybridized carbons (Fsp3) is 0.200. The van der Waals surface area contributed by atoms with E-state index < -0.39 is 11.9 Å². The molecule has 0 radical (unpaired) electrons. The molecule has 4 nitrogen and oxygen atoms in total. The van der Waals surface area contributed by atoms with Crippen LogP contribution in [0.3, 0.4) is 0 Å². The minimum absolute atomic E-state index is 0.0819. The SMILES string of the molecule is O=C(O)C(=O)NCCc1cc(Br)ccc1F. The number of carboxylic acids is 1. The molecule has 6 heteroatoms. The Morgan fingerprint density at radius 3 is 2.75 bits per heavy atom. The number of carbonyl (C=O) groups is 2. The number of halogens is 2. The molecule has 0 saturated heterocycles. The van der Waals surface area contributed by atoms with Gasteiger partial charge in [-0.15, -0.1) is 0 Å². The minimum atomic E-state index is -1.55. The van der Waals surface area contributed by atoms with E-state index in [-0.39, 0.29) is 18.8 Å². The van der Waals surface area contributed by atoms with Gasteiger partial charge in [-0.2, -0.15) is 0 Å². The van der Waals surface area contributed by atoms with Crippen molar-refractivity contribution in [2.75, 3.05) is 6.54 Å². The van der Waals surface area contributed by atoms with Gasteiger partial charge < -0.3 is 10.4 Å². The van der Waals surface area contributed by atoms with E-state index in [0.717, 1.165) is 4.47 Å². The summed E-state index contributed by atoms with van der Waals surface area (Å²) in [6.45, 7) is 0.0819. The number of carboxylic acid groups (broad SMARTS) is 1. The van der Waals surface area contributed by atoms with Gasteiger partial charge in [0.05, 0.1) is 0 Å². The lowest BCUT2D eigenvalue weighted by atomic mass is 10.1. The van der Waals surface area contributed by atoms with E-state index in [1.54, 1.807) is 12.1 Å². The van der Waals surface area contributed by atoms with Crippen LogP contribution in [0.25, 0.3) is 0 Å². The average Bonchev–Trinajstić information content (AvgIpc) is 2.22. The maximum absolute atomic E-state index is 13.2. The Morgan fingerprint density at radius 1 is 1.44 bits per heavy atom. The van der Waals surface area contributed by atoms with Crippen molar-refractivity contribution in [3.8, 4) is 0 Å². The van der Waals surface area contributed by atoms with Crippen LogP contribution in [0.1, 0.15) is 5.56 Å². The van der Waals surface area contributed by atoms with Gasteiger partial charge >= 0.3 is 11.9 Å². The second kappa shape index (κ2) is 5.60. The highest BCUT2D eigenvalue weighted by Crippen LogP contribution is 2.15. The van der Waals surface area contributed by atoms with Gasteiger partial charge in [0.1, 0.15) is 5.82 Å². The monoisotopic (exact) mass is 289 g/mol. The number of aliphatic carboxylic acids is 1. The number of amides is 1. The standard InChI is InChI=1S/C10H9BrFNO3/c11-7-1-2-8(12)6(5-7)3-4-13-9(14)10(15)16/h1-2,5H,3-4H2,(H,13,14)(H,15,16). The normalized spacial score (nSPS) is 9.88. The van der Waals surface area contributed by atoms with Crippen molar-refractivity contribution in [2.24, 2.45) is 0 Å². The summed E-state index contributed by atoms with van der Waals surface area (Å²) >= 11 is 3.19. The zero-order valence-corrected chi connectivity index (χ0v) is 9.75. The quantitative estimate of drug-likeness (QED) is 0.825. The molecule has 1 rings (SSSR count). The number of benzene rings is 1. The Morgan fingerprint density at radius 2 is 2.12 bits per heavy atom. The van der Waals surface area contributed by atoms with Crippen molar-refractivity contribution < 1.29 is 19.1 Å². The highest BCUT2D eigenvalue weighted by atomic mass is 79.9. The maximum atomic E-state index is 13.2. The molecule has 0 aliphatic carbocycles. The van der Waals surface area contributed by atoms with Crippen LogP contribution < -0.4 is 5.32 Å². The van der Waals surface area contributed by atoms with E-state index in [1.165, 1.54) is 6.07 Å². The lowest BCUT2D eigenvalue weighted by Crippen LogP contribution is -2.32. The van der Waals surface area contributed by atoms with E-state index in [2.05, 4.69) is 21.2 Å². The number of hydrogen-bond donors (Lipinski definition) is 2. The van der Waals surface area contributed by atoms with E-state index >= 15 is 0 Å². The van der Waals surface area contributed by atoms with E-state index in [1.807, 2.05) is 0 Å². The molecule has 16 heavy (non-hydrogen) atoms. The van der Waals surface area contributed by atoms with Crippen molar-refractivity contribution in [2.45, 2.75) is 6.42 Å². The highest BCUT2D eigenvalue weighted by molar-refractivity contribution is 9.10. The Labute approximate surface area is 99.6 Å². The molecule has 0 aliphatic rings. The fourth-order valence-electron chi connectivity index (χ4n) is 1.12. The summed E-state index contributed by atoms with van der Waals surface area (Å²) in [6, 6.07) is 4.45. The summed E-state index contributed by atoms with van der Waals surface area (Å²) in [5.41, 5.74) is 0.417. The van der Waals surface area contributed by atoms with Crippen LogP contribution in [0.4, 0.5) is 4.39 Å². The van der Waals surface area contributed by atoms with Crippen LogP contribution in [0.15, 0.2) is 22.7 Å². The third-order valence-electron chi connectivity index (χ3n) is 1.88. The molecular formula is C10H9BrFNO3. The van der Waals surface area contributed by atoms with E-state index in [0.29, 0.717) is 5.56 Å². The fourth-order valence-corrected chi connectivity index (χ4v) is 1.53. The predicted octanol–water partition coefficient (Wildman–Crippen LogP) is 1.33. The molecule has 2 N–H and O–H groups in total. The van der Waals surface area contributed by atoms with Crippen LogP contribution in [-0.2, 0) is 16.0 Å². The van der Waals surface area contributed by atoms with Crippen molar-refractivity contribution >= 4 is 27.8 Å². The van der Waals surface area contributed by atoms with Crippen LogP contribution in [0, 0.1) is 5.82 Å². The summed E-state index contributed by atoms with van der Waals surface area (Å²) in [6.07, 6.45) is 0.240. The number of hydrogen-bond acceptors (Lipinski definition) is 2. The first-order chi connectivity index (χ1) is 7.50. The van der Waals surface area contributed by atoms with Crippen LogP contribution in [0.5, 0.6) is 0 Å². The molecule has 0 saturated carbocycles. The van der Waals surface area contributed by atoms with Crippen LogP contribution in [-0.4, -0.2) is 23.5 Å². The molecule has 1 aromatic carbocycles. The first kappa shape index (κ1) is 12.6. The largest absolute Gasteiger partial charge is 0.474 e. The van der Waals surface area contributed by atoms with Gasteiger partial charge in [0.15, 0.2) is 0 Å². The topological polar surface area (TPSA) is 66.4 Å². The van der Waals surface area contributed by atoms with Gasteiger partial charge in [0.25, 0.3) is 0 Å². The molecule has 0 bridgehead atoms. The van der Waals surface area contributed by atoms with Gasteiger partial charge in [-0.25, -0.2) is 9.18 Å². The minimum Gasteiger partial charge on any atom is -0.474 e. The molecule has 1 amide bonds. The summed E-state index contributed by atoms with van der Waals surface area (Å²) in [5.74, 6) is -3.02. The maximum Gasteiger partial charge on any atom is 0.394 e. The van der Waals surface area contributed by atoms with Gasteiger partial charge in [0.2, 0.25) is 0 Å². The molecule has 86 valence electrons. The summed E-state index contributed by atoms with van der Waals surface area (Å²) in [7, 11) is 0. The highest BCUT2D eigenvalue weighted by Gasteiger charge is 2.10. The Kier molecular flexibility index (Phi) is 4.42. The molecule has 0 spiro atoms. The molecule has 0 atom stereocenters. The van der Waals surface area contributed by atoms with Crippen molar-refractivity contribution in [3.63, 3.8) is 0 Å². The first-order valence-corrected chi connectivity index (χ1v) is 5.25. The molecule has 0 unspecified atom stereocenters. The van der Waals surface area contributed by atoms with Crippen molar-refractivity contribution in [1.29, 1.82) is 0 Å². The zero-order valence-electron chi connectivity index (χ0n) is 8.17. The summed E-state index contributed by atoms with van der Waals surface area (Å²) in [5, 5.41) is 10.4. The number of rotatable bonds is 3. The van der Waals surface area contributed by atoms with Crippen LogP contribution in [0.2, 0.25) is 0 Å². The lowest BCUT2D eigenvalue weighted by Gasteiger charge is -2.04. The molecule has 0 aromatic heterocycles. The summed E-state index contributed by atoms with van der Waals surface area (Å²) in [4.78, 5) is 20.8. The second-order valence-corrected chi connectivity index (χ2v) is 3.96. The van der Waals surface area contributed by atoms with E-state index in [4.69, 9.17) is 5.11 Å². The Hall–Kier alpha value is -1.43. The van der Waals surface area contributed by atoms with Gasteiger partial charge in [-0.1, -0.05) is 15.9 Å². The van der Waals surface area contributed by atoms with E-state index in [9.17, 15) is 14.0 Å². The lowest BCUT2D eigenvalue weighted by molar-refractivity contribution is -0.150. The molecular weight excluding hydrogens is 281 g/mol. The van der Waals surface area contributed by atoms with Gasteiger partial charge in [0, 0.05) is 11.0 Å². The third-order valence-corrected chi connectivity index (χ3v) is 2.38. The second-order valence-electron chi connectivity index (χ2n) is 3.05. The smallest absolute Gasteiger partial charge is 0.394 e. The molecule has 0 aliphatic heterocycles. The molecule has 0 fully saturated rings. The first-order valence-electron chi connectivity index (χ1n) is 4.45. The van der Waals surface area contributed by atoms with Crippen molar-refractivity contribution in [1.82, 2.24) is 5.32 Å². The predicted molar refractivity (Wildman–Crippen MR) is 58.4 cm³/mol. The van der Waals surface area contributed by atoms with Crippen molar-refractivity contribution in [3.05, 3.63) is 34.1 Å². The Balaban J connectivity index is 2.52. The van der Waals surface area contributed by atoms with Crippen LogP contribution >= 0.6 is 15.9 Å². The zero-order chi connectivity index (χ0) is 12.1. The number of carbonyl (C=O) groups excluding carboxylic acids is 1. The third kappa shape index (κ3) is 3.62. The average molecular weight is 290 g/mol. The Bertz CT molecular complexity index is 423.